The largest absolute Gasteiger partial charge is 0.478 e. The van der Waals surface area contributed by atoms with Crippen LogP contribution >= 0.6 is 0 Å². The van der Waals surface area contributed by atoms with Crippen molar-refractivity contribution in [3.05, 3.63) is 65.7 Å². The van der Waals surface area contributed by atoms with Crippen molar-refractivity contribution in [2.45, 2.75) is 25.9 Å². The van der Waals surface area contributed by atoms with Gasteiger partial charge in [-0.2, -0.15) is 0 Å². The van der Waals surface area contributed by atoms with Crippen molar-refractivity contribution >= 4 is 11.8 Å². The van der Waals surface area contributed by atoms with Crippen molar-refractivity contribution < 1.29 is 23.1 Å². The van der Waals surface area contributed by atoms with Crippen molar-refractivity contribution in [2.24, 2.45) is 0 Å². The van der Waals surface area contributed by atoms with E-state index in [4.69, 9.17) is 4.74 Å². The fourth-order valence-electron chi connectivity index (χ4n) is 3.32. The Hall–Kier alpha value is -2.96. The van der Waals surface area contributed by atoms with Crippen LogP contribution < -0.4 is 4.74 Å². The molecule has 1 saturated heterocycles. The molecule has 1 fully saturated rings. The number of nitrogens with zero attached hydrogens (tertiary/aromatic N) is 2. The molecule has 29 heavy (non-hydrogen) atoms. The number of rotatable bonds is 5. The van der Waals surface area contributed by atoms with Crippen LogP contribution in [0.4, 0.5) is 8.78 Å². The van der Waals surface area contributed by atoms with Crippen LogP contribution in [0.25, 0.3) is 0 Å². The van der Waals surface area contributed by atoms with E-state index in [0.717, 1.165) is 0 Å². The summed E-state index contributed by atoms with van der Waals surface area (Å²) in [6.45, 7) is 3.54. The zero-order valence-corrected chi connectivity index (χ0v) is 16.3. The molecule has 0 aliphatic carbocycles. The average molecular weight is 402 g/mol. The summed E-state index contributed by atoms with van der Waals surface area (Å²) < 4.78 is 32.6. The molecule has 2 aromatic carbocycles. The Morgan fingerprint density at radius 3 is 2.31 bits per heavy atom. The summed E-state index contributed by atoms with van der Waals surface area (Å²) in [7, 11) is 0. The lowest BCUT2D eigenvalue weighted by Crippen LogP contribution is -2.44. The van der Waals surface area contributed by atoms with Gasteiger partial charge in [0.1, 0.15) is 5.82 Å². The standard InChI is InChI=1S/C22H24F2N2O3/c1-2-19(29-20-7-4-3-6-18(20)24)22(28)26-13-5-12-25(14-15-26)21(27)16-8-10-17(23)11-9-16/h3-4,6-11,19H,2,5,12-15H2,1H3. The molecule has 0 N–H and O–H groups in total. The third kappa shape index (κ3) is 5.10. The first-order chi connectivity index (χ1) is 14.0. The van der Waals surface area contributed by atoms with Crippen LogP contribution in [-0.4, -0.2) is 53.9 Å². The van der Waals surface area contributed by atoms with Gasteiger partial charge in [-0.15, -0.1) is 0 Å². The normalized spacial score (nSPS) is 15.6. The second-order valence-corrected chi connectivity index (χ2v) is 6.92. The molecule has 1 atom stereocenters. The Labute approximate surface area is 168 Å². The summed E-state index contributed by atoms with van der Waals surface area (Å²) in [6, 6.07) is 11.4. The van der Waals surface area contributed by atoms with E-state index in [-0.39, 0.29) is 17.6 Å². The Kier molecular flexibility index (Phi) is 6.80. The van der Waals surface area contributed by atoms with Gasteiger partial charge < -0.3 is 14.5 Å². The van der Waals surface area contributed by atoms with E-state index in [1.807, 2.05) is 6.92 Å². The molecule has 1 aliphatic rings. The number of ether oxygens (including phenoxy) is 1. The van der Waals surface area contributed by atoms with Crippen molar-refractivity contribution in [2.75, 3.05) is 26.2 Å². The smallest absolute Gasteiger partial charge is 0.263 e. The average Bonchev–Trinajstić information content (AvgIpc) is 2.99. The Morgan fingerprint density at radius 2 is 1.62 bits per heavy atom. The van der Waals surface area contributed by atoms with E-state index in [1.165, 1.54) is 36.4 Å². The van der Waals surface area contributed by atoms with Gasteiger partial charge in [0.2, 0.25) is 0 Å². The highest BCUT2D eigenvalue weighted by molar-refractivity contribution is 5.94. The van der Waals surface area contributed by atoms with E-state index >= 15 is 0 Å². The fraction of sp³-hybridized carbons (Fsp3) is 0.364. The van der Waals surface area contributed by atoms with Gasteiger partial charge in [0.05, 0.1) is 0 Å². The second kappa shape index (κ2) is 9.49. The van der Waals surface area contributed by atoms with Gasteiger partial charge in [0, 0.05) is 31.7 Å². The molecule has 154 valence electrons. The van der Waals surface area contributed by atoms with E-state index in [2.05, 4.69) is 0 Å². The zero-order valence-electron chi connectivity index (χ0n) is 16.3. The number of hydrogen-bond acceptors (Lipinski definition) is 3. The maximum atomic E-state index is 13.9. The molecule has 5 nitrogen and oxygen atoms in total. The first-order valence-corrected chi connectivity index (χ1v) is 9.74. The van der Waals surface area contributed by atoms with Gasteiger partial charge in [-0.05, 0) is 49.2 Å². The summed E-state index contributed by atoms with van der Waals surface area (Å²) in [6.07, 6.45) is 0.239. The lowest BCUT2D eigenvalue weighted by atomic mass is 10.2. The van der Waals surface area contributed by atoms with E-state index in [9.17, 15) is 18.4 Å². The molecule has 0 spiro atoms. The lowest BCUT2D eigenvalue weighted by Gasteiger charge is -2.26. The summed E-state index contributed by atoms with van der Waals surface area (Å²) in [5, 5.41) is 0. The van der Waals surface area contributed by atoms with Gasteiger partial charge in [0.15, 0.2) is 17.7 Å². The number of carbonyl (C=O) groups is 2. The molecule has 1 heterocycles. The maximum absolute atomic E-state index is 13.9. The minimum atomic E-state index is -0.786. The highest BCUT2D eigenvalue weighted by Gasteiger charge is 2.28. The molecule has 0 aromatic heterocycles. The summed E-state index contributed by atoms with van der Waals surface area (Å²) in [4.78, 5) is 28.9. The number of halogens is 2. The number of hydrogen-bond donors (Lipinski definition) is 0. The third-order valence-electron chi connectivity index (χ3n) is 4.94. The molecular weight excluding hydrogens is 378 g/mol. The Morgan fingerprint density at radius 1 is 0.966 bits per heavy atom. The van der Waals surface area contributed by atoms with Gasteiger partial charge in [-0.25, -0.2) is 8.78 Å². The van der Waals surface area contributed by atoms with Gasteiger partial charge in [0.25, 0.3) is 11.8 Å². The van der Waals surface area contributed by atoms with Crippen LogP contribution in [0.1, 0.15) is 30.1 Å². The minimum Gasteiger partial charge on any atom is -0.478 e. The zero-order chi connectivity index (χ0) is 20.8. The predicted molar refractivity (Wildman–Crippen MR) is 105 cm³/mol. The van der Waals surface area contributed by atoms with Crippen molar-refractivity contribution in [3.8, 4) is 5.75 Å². The summed E-state index contributed by atoms with van der Waals surface area (Å²) in [5.74, 6) is -1.25. The topological polar surface area (TPSA) is 49.9 Å². The molecule has 2 aromatic rings. The molecule has 0 radical (unpaired) electrons. The van der Waals surface area contributed by atoms with Gasteiger partial charge in [-0.1, -0.05) is 19.1 Å². The number of para-hydroxylation sites is 1. The predicted octanol–water partition coefficient (Wildman–Crippen LogP) is 3.50. The highest BCUT2D eigenvalue weighted by atomic mass is 19.1. The van der Waals surface area contributed by atoms with Crippen LogP contribution in [0.3, 0.4) is 0 Å². The fourth-order valence-corrected chi connectivity index (χ4v) is 3.32. The molecule has 3 rings (SSSR count). The third-order valence-corrected chi connectivity index (χ3v) is 4.94. The van der Waals surface area contributed by atoms with E-state index in [1.54, 1.807) is 21.9 Å². The molecule has 0 saturated carbocycles. The molecule has 1 unspecified atom stereocenters. The number of carbonyl (C=O) groups excluding carboxylic acids is 2. The van der Waals surface area contributed by atoms with E-state index < -0.39 is 17.7 Å². The first kappa shape index (κ1) is 20.8. The first-order valence-electron chi connectivity index (χ1n) is 9.74. The van der Waals surface area contributed by atoms with E-state index in [0.29, 0.717) is 44.6 Å². The quantitative estimate of drug-likeness (QED) is 0.769. The molecule has 0 bridgehead atoms. The van der Waals surface area contributed by atoms with Gasteiger partial charge in [-0.3, -0.25) is 9.59 Å². The number of benzene rings is 2. The summed E-state index contributed by atoms with van der Waals surface area (Å²) >= 11 is 0. The second-order valence-electron chi connectivity index (χ2n) is 6.92. The SMILES string of the molecule is CCC(Oc1ccccc1F)C(=O)N1CCCN(C(=O)c2ccc(F)cc2)CC1. The molecule has 2 amide bonds. The van der Waals surface area contributed by atoms with Gasteiger partial charge >= 0.3 is 0 Å². The van der Waals surface area contributed by atoms with Crippen molar-refractivity contribution in [1.82, 2.24) is 9.80 Å². The Bertz CT molecular complexity index is 857. The Balaban J connectivity index is 1.63. The molecule has 7 heteroatoms. The van der Waals surface area contributed by atoms with Crippen LogP contribution in [0.2, 0.25) is 0 Å². The van der Waals surface area contributed by atoms with Crippen LogP contribution in [-0.2, 0) is 4.79 Å². The molecule has 1 aliphatic heterocycles. The minimum absolute atomic E-state index is 0.0515. The van der Waals surface area contributed by atoms with Crippen molar-refractivity contribution in [1.29, 1.82) is 0 Å². The number of amides is 2. The van der Waals surface area contributed by atoms with Crippen LogP contribution in [0.15, 0.2) is 48.5 Å². The van der Waals surface area contributed by atoms with Crippen LogP contribution in [0, 0.1) is 11.6 Å². The van der Waals surface area contributed by atoms with Crippen molar-refractivity contribution in [3.63, 3.8) is 0 Å². The lowest BCUT2D eigenvalue weighted by molar-refractivity contribution is -0.138. The maximum Gasteiger partial charge on any atom is 0.263 e. The molecular formula is C22H24F2N2O3. The monoisotopic (exact) mass is 402 g/mol. The highest BCUT2D eigenvalue weighted by Crippen LogP contribution is 2.20. The summed E-state index contributed by atoms with van der Waals surface area (Å²) in [5.41, 5.74) is 0.417. The van der Waals surface area contributed by atoms with Crippen LogP contribution in [0.5, 0.6) is 5.75 Å².